The average molecular weight is 493 g/mol. The molecule has 4 rings (SSSR count). The van der Waals surface area contributed by atoms with Crippen LogP contribution < -0.4 is 9.47 Å². The number of aldehydes is 1. The summed E-state index contributed by atoms with van der Waals surface area (Å²) < 4.78 is 67.6. The molecule has 2 aliphatic rings. The third kappa shape index (κ3) is 5.71. The number of hydrogen-bond acceptors (Lipinski definition) is 3. The Morgan fingerprint density at radius 1 is 0.943 bits per heavy atom. The van der Waals surface area contributed by atoms with Crippen LogP contribution in [0.15, 0.2) is 36.9 Å². The van der Waals surface area contributed by atoms with Gasteiger partial charge in [-0.2, -0.15) is 0 Å². The van der Waals surface area contributed by atoms with Gasteiger partial charge in [-0.3, -0.25) is 0 Å². The molecule has 2 aliphatic carbocycles. The van der Waals surface area contributed by atoms with E-state index in [0.29, 0.717) is 5.92 Å². The van der Waals surface area contributed by atoms with Gasteiger partial charge in [-0.05, 0) is 74.6 Å². The Kier molecular flexibility index (Phi) is 9.35. The highest BCUT2D eigenvalue weighted by Crippen LogP contribution is 2.52. The highest BCUT2D eigenvalue weighted by Gasteiger charge is 2.40. The van der Waals surface area contributed by atoms with Crippen molar-refractivity contribution in [3.8, 4) is 22.6 Å². The zero-order valence-corrected chi connectivity index (χ0v) is 20.2. The van der Waals surface area contributed by atoms with E-state index in [4.69, 9.17) is 9.47 Å². The predicted octanol–water partition coefficient (Wildman–Crippen LogP) is 8.03. The Labute approximate surface area is 204 Å². The molecule has 2 unspecified atom stereocenters. The van der Waals surface area contributed by atoms with Gasteiger partial charge in [-0.25, -0.2) is 17.6 Å². The van der Waals surface area contributed by atoms with Crippen LogP contribution in [0.1, 0.15) is 68.9 Å². The van der Waals surface area contributed by atoms with Gasteiger partial charge in [0.25, 0.3) is 0 Å². The van der Waals surface area contributed by atoms with Crippen molar-refractivity contribution in [2.45, 2.75) is 57.8 Å². The maximum Gasteiger partial charge on any atom is 0.171 e. The largest absolute Gasteiger partial charge is 0.494 e. The summed E-state index contributed by atoms with van der Waals surface area (Å²) in [6, 6.07) is 5.44. The van der Waals surface area contributed by atoms with E-state index in [9.17, 15) is 22.4 Å². The van der Waals surface area contributed by atoms with E-state index in [1.54, 1.807) is 6.92 Å². The van der Waals surface area contributed by atoms with Crippen LogP contribution in [0.25, 0.3) is 11.1 Å². The maximum absolute atomic E-state index is 14.5. The van der Waals surface area contributed by atoms with Gasteiger partial charge < -0.3 is 14.3 Å². The minimum absolute atomic E-state index is 0.113. The van der Waals surface area contributed by atoms with Crippen LogP contribution in [-0.2, 0) is 4.79 Å². The molecule has 2 aromatic rings. The molecule has 0 amide bonds. The van der Waals surface area contributed by atoms with Gasteiger partial charge >= 0.3 is 0 Å². The van der Waals surface area contributed by atoms with Crippen molar-refractivity contribution >= 4 is 6.29 Å². The molecule has 0 aromatic heterocycles. The third-order valence-electron chi connectivity index (χ3n) is 6.77. The van der Waals surface area contributed by atoms with Gasteiger partial charge in [-0.1, -0.05) is 18.2 Å². The molecule has 0 heterocycles. The van der Waals surface area contributed by atoms with E-state index in [1.807, 2.05) is 6.08 Å². The Bertz CT molecular complexity index is 1030. The summed E-state index contributed by atoms with van der Waals surface area (Å²) >= 11 is 0. The summed E-state index contributed by atoms with van der Waals surface area (Å²) in [6.07, 6.45) is 5.62. The van der Waals surface area contributed by atoms with Crippen LogP contribution in [0.3, 0.4) is 0 Å². The van der Waals surface area contributed by atoms with Crippen LogP contribution in [0, 0.1) is 23.5 Å². The minimum atomic E-state index is -2.32. The summed E-state index contributed by atoms with van der Waals surface area (Å²) in [6.45, 7) is 5.56. The molecule has 0 spiro atoms. The molecule has 2 atom stereocenters. The number of fused-ring (bicyclic) bond motifs is 3. The van der Waals surface area contributed by atoms with Crippen LogP contribution >= 0.6 is 0 Å². The van der Waals surface area contributed by atoms with Crippen LogP contribution in [-0.4, -0.2) is 20.0 Å². The fourth-order valence-corrected chi connectivity index (χ4v) is 4.84. The summed E-state index contributed by atoms with van der Waals surface area (Å²) in [5, 5.41) is 0. The van der Waals surface area contributed by atoms with E-state index in [2.05, 4.69) is 6.58 Å². The summed E-state index contributed by atoms with van der Waals surface area (Å²) in [4.78, 5) is 10.5. The molecule has 1 fully saturated rings. The van der Waals surface area contributed by atoms with Gasteiger partial charge in [0.1, 0.15) is 6.29 Å². The molecule has 2 aromatic carbocycles. The van der Waals surface area contributed by atoms with Gasteiger partial charge in [0, 0.05) is 17.0 Å². The molecule has 0 bridgehead atoms. The molecule has 35 heavy (non-hydrogen) atoms. The molecule has 1 saturated carbocycles. The summed E-state index contributed by atoms with van der Waals surface area (Å²) in [5.74, 6) is -1.04. The van der Waals surface area contributed by atoms with E-state index in [1.165, 1.54) is 50.6 Å². The number of ether oxygens (including phenoxy) is 2. The lowest BCUT2D eigenvalue weighted by molar-refractivity contribution is -0.112. The standard InChI is InChI=1S/C17H14F4O2.C11H18O/c1-3-23-11-7-5-9-8-4-6-10(22-2)14(18)12(8)16(20)17(21)13(9)15(11)19;1-2-3-4-10-5-7-11(9-12)8-6-10/h4-7,16-17H,3H2,1-2H3;2,9-11H,1,3-8H2. The fourth-order valence-electron chi connectivity index (χ4n) is 4.84. The van der Waals surface area contributed by atoms with Crippen molar-refractivity contribution in [1.29, 1.82) is 0 Å². The lowest BCUT2D eigenvalue weighted by Gasteiger charge is -2.28. The number of rotatable bonds is 7. The number of alkyl halides is 2. The molecule has 0 aliphatic heterocycles. The van der Waals surface area contributed by atoms with Crippen LogP contribution in [0.2, 0.25) is 0 Å². The monoisotopic (exact) mass is 492 g/mol. The molecule has 0 radical (unpaired) electrons. The van der Waals surface area contributed by atoms with Gasteiger partial charge in [-0.15, -0.1) is 6.58 Å². The van der Waals surface area contributed by atoms with E-state index in [0.717, 1.165) is 31.5 Å². The van der Waals surface area contributed by atoms with Gasteiger partial charge in [0.15, 0.2) is 35.5 Å². The van der Waals surface area contributed by atoms with Gasteiger partial charge in [0.2, 0.25) is 0 Å². The third-order valence-corrected chi connectivity index (χ3v) is 6.77. The van der Waals surface area contributed by atoms with Crippen molar-refractivity contribution in [2.75, 3.05) is 13.7 Å². The zero-order valence-electron chi connectivity index (χ0n) is 20.2. The number of hydrogen-bond donors (Lipinski definition) is 0. The number of carbonyl (C=O) groups is 1. The zero-order chi connectivity index (χ0) is 25.5. The van der Waals surface area contributed by atoms with Crippen LogP contribution in [0.5, 0.6) is 11.5 Å². The van der Waals surface area contributed by atoms with Crippen molar-refractivity contribution in [3.05, 3.63) is 59.7 Å². The van der Waals surface area contributed by atoms with Crippen molar-refractivity contribution in [1.82, 2.24) is 0 Å². The number of halogens is 4. The fraction of sp³-hybridized carbons (Fsp3) is 0.464. The molecular formula is C28H32F4O3. The average Bonchev–Trinajstić information content (AvgIpc) is 2.88. The first-order valence-electron chi connectivity index (χ1n) is 12.0. The molecule has 3 nitrogen and oxygen atoms in total. The number of methoxy groups -OCH3 is 1. The quantitative estimate of drug-likeness (QED) is 0.223. The lowest BCUT2D eigenvalue weighted by Crippen LogP contribution is -2.16. The van der Waals surface area contributed by atoms with Crippen LogP contribution in [0.4, 0.5) is 17.6 Å². The number of benzene rings is 2. The Hall–Kier alpha value is -2.83. The first kappa shape index (κ1) is 26.8. The van der Waals surface area contributed by atoms with Crippen molar-refractivity contribution in [3.63, 3.8) is 0 Å². The summed E-state index contributed by atoms with van der Waals surface area (Å²) in [7, 11) is 1.23. The Morgan fingerprint density at radius 2 is 1.49 bits per heavy atom. The van der Waals surface area contributed by atoms with Gasteiger partial charge in [0.05, 0.1) is 13.7 Å². The lowest BCUT2D eigenvalue weighted by atomic mass is 9.81. The second-order valence-corrected chi connectivity index (χ2v) is 8.90. The molecule has 7 heteroatoms. The topological polar surface area (TPSA) is 35.5 Å². The highest BCUT2D eigenvalue weighted by molar-refractivity contribution is 5.76. The first-order valence-corrected chi connectivity index (χ1v) is 12.0. The second-order valence-electron chi connectivity index (χ2n) is 8.90. The molecule has 0 N–H and O–H groups in total. The Balaban J connectivity index is 0.000000241. The minimum Gasteiger partial charge on any atom is -0.494 e. The number of allylic oxidation sites excluding steroid dienone is 1. The first-order chi connectivity index (χ1) is 16.9. The maximum atomic E-state index is 14.5. The molecule has 190 valence electrons. The van der Waals surface area contributed by atoms with E-state index >= 15 is 0 Å². The highest BCUT2D eigenvalue weighted by atomic mass is 19.2. The van der Waals surface area contributed by atoms with E-state index < -0.39 is 35.1 Å². The number of carbonyl (C=O) groups excluding carboxylic acids is 1. The van der Waals surface area contributed by atoms with Crippen molar-refractivity contribution < 1.29 is 31.8 Å². The predicted molar refractivity (Wildman–Crippen MR) is 128 cm³/mol. The second kappa shape index (κ2) is 12.2. The molecule has 0 saturated heterocycles. The SMILES string of the molecule is C=CCCC1CCC(C=O)CC1.CCOc1ccc2c(c1F)C(F)C(F)c1c-2ccc(OC)c1F. The normalized spacial score (nSPS) is 22.7. The molecular weight excluding hydrogens is 460 g/mol. The van der Waals surface area contributed by atoms with Crippen molar-refractivity contribution in [2.24, 2.45) is 11.8 Å². The van der Waals surface area contributed by atoms with E-state index in [-0.39, 0.29) is 29.2 Å². The summed E-state index contributed by atoms with van der Waals surface area (Å²) in [5.41, 5.74) is -0.668. The smallest absolute Gasteiger partial charge is 0.171 e. The Morgan fingerprint density at radius 3 is 1.97 bits per heavy atom.